The zero-order valence-electron chi connectivity index (χ0n) is 19.6. The Morgan fingerprint density at radius 2 is 1.94 bits per heavy atom. The summed E-state index contributed by atoms with van der Waals surface area (Å²) < 4.78 is 7.39. The first kappa shape index (κ1) is 27.6. The Hall–Kier alpha value is -1.47. The summed E-state index contributed by atoms with van der Waals surface area (Å²) in [6.07, 6.45) is 0.922. The van der Waals surface area contributed by atoms with Crippen molar-refractivity contribution in [1.29, 1.82) is 0 Å². The van der Waals surface area contributed by atoms with Crippen LogP contribution in [0.1, 0.15) is 38.8 Å². The summed E-state index contributed by atoms with van der Waals surface area (Å²) in [5.41, 5.74) is 0. The van der Waals surface area contributed by atoms with E-state index in [-0.39, 0.29) is 35.9 Å². The lowest BCUT2D eigenvalue weighted by Gasteiger charge is -2.36. The van der Waals surface area contributed by atoms with Gasteiger partial charge in [0.2, 0.25) is 5.91 Å². The van der Waals surface area contributed by atoms with Crippen molar-refractivity contribution < 1.29 is 9.53 Å². The van der Waals surface area contributed by atoms with Gasteiger partial charge in [-0.2, -0.15) is 0 Å². The lowest BCUT2D eigenvalue weighted by Crippen LogP contribution is -2.54. The van der Waals surface area contributed by atoms with E-state index in [1.165, 1.54) is 0 Å². The highest BCUT2D eigenvalue weighted by atomic mass is 127. The Morgan fingerprint density at radius 1 is 1.23 bits per heavy atom. The smallest absolute Gasteiger partial charge is 0.234 e. The van der Waals surface area contributed by atoms with Crippen LogP contribution in [0.5, 0.6) is 0 Å². The lowest BCUT2D eigenvalue weighted by atomic mass is 10.3. The number of nitrogens with one attached hydrogen (secondary N) is 2. The molecule has 31 heavy (non-hydrogen) atoms. The van der Waals surface area contributed by atoms with Gasteiger partial charge in [-0.1, -0.05) is 0 Å². The van der Waals surface area contributed by atoms with Crippen LogP contribution >= 0.6 is 24.0 Å². The molecule has 1 aromatic heterocycles. The molecule has 0 radical (unpaired) electrons. The number of nitrogens with zero attached hydrogens (tertiary/aromatic N) is 6. The number of aryl methyl sites for hydroxylation is 1. The Morgan fingerprint density at radius 3 is 2.52 bits per heavy atom. The van der Waals surface area contributed by atoms with E-state index in [0.29, 0.717) is 13.1 Å². The van der Waals surface area contributed by atoms with Gasteiger partial charge in [0.1, 0.15) is 12.4 Å². The first-order valence-corrected chi connectivity index (χ1v) is 10.9. The maximum Gasteiger partial charge on any atom is 0.234 e. The summed E-state index contributed by atoms with van der Waals surface area (Å²) in [5.74, 6) is 2.67. The summed E-state index contributed by atoms with van der Waals surface area (Å²) in [5, 5.41) is 14.7. The van der Waals surface area contributed by atoms with Crippen molar-refractivity contribution in [3.05, 3.63) is 11.6 Å². The molecule has 1 aliphatic heterocycles. The maximum absolute atomic E-state index is 12.0. The number of aliphatic imine (C=N–C) groups is 1. The molecule has 1 saturated heterocycles. The second-order valence-electron chi connectivity index (χ2n) is 7.82. The molecule has 0 aliphatic carbocycles. The number of guanidine groups is 1. The molecule has 178 valence electrons. The zero-order chi connectivity index (χ0) is 21.9. The molecular weight excluding hydrogens is 511 g/mol. The van der Waals surface area contributed by atoms with Gasteiger partial charge in [-0.05, 0) is 34.1 Å². The topological polar surface area (TPSA) is 99.9 Å². The minimum absolute atomic E-state index is 0. The molecule has 0 unspecified atom stereocenters. The molecule has 1 aromatic rings. The van der Waals surface area contributed by atoms with Gasteiger partial charge in [0, 0.05) is 59.0 Å². The SMILES string of the molecule is CCOCCCNC(=NCc1nnc(C)n1C)N1CCN(CC(=O)NC(C)C)CC1.I. The van der Waals surface area contributed by atoms with Gasteiger partial charge in [0.15, 0.2) is 11.8 Å². The van der Waals surface area contributed by atoms with Crippen LogP contribution < -0.4 is 10.6 Å². The number of aromatic nitrogens is 3. The molecule has 0 spiro atoms. The van der Waals surface area contributed by atoms with Crippen molar-refractivity contribution in [2.24, 2.45) is 12.0 Å². The van der Waals surface area contributed by atoms with E-state index in [1.807, 2.05) is 39.3 Å². The summed E-state index contributed by atoms with van der Waals surface area (Å²) in [6.45, 7) is 14.4. The van der Waals surface area contributed by atoms with Crippen LogP contribution in [0.25, 0.3) is 0 Å². The third-order valence-electron chi connectivity index (χ3n) is 4.99. The second kappa shape index (κ2) is 14.6. The van der Waals surface area contributed by atoms with Crippen molar-refractivity contribution in [3.63, 3.8) is 0 Å². The van der Waals surface area contributed by atoms with Crippen LogP contribution in [-0.4, -0.2) is 95.0 Å². The van der Waals surface area contributed by atoms with Gasteiger partial charge in [-0.25, -0.2) is 4.99 Å². The number of carbonyl (C=O) groups excluding carboxylic acids is 1. The molecule has 1 aliphatic rings. The minimum Gasteiger partial charge on any atom is -0.382 e. The fraction of sp³-hybridized carbons (Fsp3) is 0.800. The quantitative estimate of drug-likeness (QED) is 0.192. The fourth-order valence-electron chi connectivity index (χ4n) is 3.21. The number of piperazine rings is 1. The summed E-state index contributed by atoms with van der Waals surface area (Å²) in [4.78, 5) is 21.3. The fourth-order valence-corrected chi connectivity index (χ4v) is 3.21. The zero-order valence-corrected chi connectivity index (χ0v) is 21.9. The number of amides is 1. The minimum atomic E-state index is 0. The number of ether oxygens (including phenoxy) is 1. The molecule has 2 heterocycles. The lowest BCUT2D eigenvalue weighted by molar-refractivity contribution is -0.123. The van der Waals surface area contributed by atoms with Gasteiger partial charge in [0.25, 0.3) is 0 Å². The van der Waals surface area contributed by atoms with E-state index < -0.39 is 0 Å². The molecule has 0 atom stereocenters. The van der Waals surface area contributed by atoms with Gasteiger partial charge in [0.05, 0.1) is 6.54 Å². The molecule has 11 heteroatoms. The van der Waals surface area contributed by atoms with Crippen molar-refractivity contribution in [1.82, 2.24) is 35.2 Å². The van der Waals surface area contributed by atoms with Gasteiger partial charge in [-0.3, -0.25) is 9.69 Å². The first-order valence-electron chi connectivity index (χ1n) is 10.9. The third-order valence-corrected chi connectivity index (χ3v) is 4.99. The van der Waals surface area contributed by atoms with E-state index in [9.17, 15) is 4.79 Å². The highest BCUT2D eigenvalue weighted by Gasteiger charge is 2.21. The Kier molecular flexibility index (Phi) is 13.0. The van der Waals surface area contributed by atoms with Gasteiger partial charge in [-0.15, -0.1) is 34.2 Å². The van der Waals surface area contributed by atoms with E-state index in [0.717, 1.165) is 70.0 Å². The molecule has 10 nitrogen and oxygen atoms in total. The molecule has 1 amide bonds. The summed E-state index contributed by atoms with van der Waals surface area (Å²) in [7, 11) is 1.95. The van der Waals surface area contributed by atoms with Crippen LogP contribution in [0.2, 0.25) is 0 Å². The predicted octanol–water partition coefficient (Wildman–Crippen LogP) is 0.756. The number of halogens is 1. The van der Waals surface area contributed by atoms with Crippen LogP contribution in [0.15, 0.2) is 4.99 Å². The molecule has 2 N–H and O–H groups in total. The van der Waals surface area contributed by atoms with Crippen LogP contribution in [-0.2, 0) is 23.1 Å². The van der Waals surface area contributed by atoms with Crippen molar-refractivity contribution in [3.8, 4) is 0 Å². The van der Waals surface area contributed by atoms with Crippen molar-refractivity contribution in [2.75, 3.05) is 52.5 Å². The summed E-state index contributed by atoms with van der Waals surface area (Å²) >= 11 is 0. The van der Waals surface area contributed by atoms with Crippen LogP contribution in [0.3, 0.4) is 0 Å². The summed E-state index contributed by atoms with van der Waals surface area (Å²) in [6, 6.07) is 0.169. The molecule has 0 aromatic carbocycles. The Bertz CT molecular complexity index is 687. The van der Waals surface area contributed by atoms with Crippen molar-refractivity contribution in [2.45, 2.75) is 46.7 Å². The van der Waals surface area contributed by atoms with E-state index >= 15 is 0 Å². The van der Waals surface area contributed by atoms with Gasteiger partial charge < -0.3 is 24.8 Å². The second-order valence-corrected chi connectivity index (χ2v) is 7.82. The number of hydrogen-bond acceptors (Lipinski definition) is 6. The predicted molar refractivity (Wildman–Crippen MR) is 133 cm³/mol. The first-order chi connectivity index (χ1) is 14.4. The Labute approximate surface area is 203 Å². The Balaban J connectivity index is 0.00000480. The third kappa shape index (κ3) is 9.69. The highest BCUT2D eigenvalue weighted by Crippen LogP contribution is 2.05. The van der Waals surface area contributed by atoms with Crippen molar-refractivity contribution >= 4 is 35.8 Å². The average Bonchev–Trinajstić information content (AvgIpc) is 3.02. The molecule has 0 bridgehead atoms. The maximum atomic E-state index is 12.0. The van der Waals surface area contributed by atoms with Crippen LogP contribution in [0, 0.1) is 6.92 Å². The number of carbonyl (C=O) groups is 1. The largest absolute Gasteiger partial charge is 0.382 e. The average molecular weight is 550 g/mol. The number of hydrogen-bond donors (Lipinski definition) is 2. The molecule has 0 saturated carbocycles. The molecule has 1 fully saturated rings. The standard InChI is InChI=1S/C20H38N8O2.HI/c1-6-30-13-7-8-21-20(22-14-18-25-24-17(4)26(18)5)28-11-9-27(10-12-28)15-19(29)23-16(2)3;/h16H,6-15H2,1-5H3,(H,21,22)(H,23,29);1H. The van der Waals surface area contributed by atoms with Gasteiger partial charge >= 0.3 is 0 Å². The highest BCUT2D eigenvalue weighted by molar-refractivity contribution is 14.0. The van der Waals surface area contributed by atoms with E-state index in [4.69, 9.17) is 9.73 Å². The van der Waals surface area contributed by atoms with Crippen LogP contribution in [0.4, 0.5) is 0 Å². The molecule has 2 rings (SSSR count). The normalized spacial score (nSPS) is 15.2. The number of rotatable bonds is 10. The van der Waals surface area contributed by atoms with E-state index in [1.54, 1.807) is 0 Å². The molecular formula is C20H39IN8O2. The monoisotopic (exact) mass is 550 g/mol. The van der Waals surface area contributed by atoms with E-state index in [2.05, 4.69) is 30.6 Å².